The van der Waals surface area contributed by atoms with Crippen LogP contribution in [0.15, 0.2) is 4.52 Å². The van der Waals surface area contributed by atoms with Crippen molar-refractivity contribution in [3.8, 4) is 0 Å². The lowest BCUT2D eigenvalue weighted by Crippen LogP contribution is -2.47. The van der Waals surface area contributed by atoms with E-state index in [-0.39, 0.29) is 10.9 Å². The molecular formula is C13H23ClN2O2Si. The summed E-state index contributed by atoms with van der Waals surface area (Å²) >= 11 is 5.66. The van der Waals surface area contributed by atoms with Gasteiger partial charge in [0, 0.05) is 12.0 Å². The number of rotatable bonds is 4. The standard InChI is InChI=1S/C13H23ClN2O2Si/c1-13(2,3)19(4,5)18-10-6-9(7-10)12-15-11(8-14)17-16-12/h9-10H,6-8H2,1-5H3. The molecule has 0 radical (unpaired) electrons. The van der Waals surface area contributed by atoms with E-state index in [1.807, 2.05) is 0 Å². The average Bonchev–Trinajstić information content (AvgIpc) is 2.69. The molecule has 1 aliphatic carbocycles. The van der Waals surface area contributed by atoms with Gasteiger partial charge < -0.3 is 8.95 Å². The van der Waals surface area contributed by atoms with E-state index in [1.54, 1.807) is 0 Å². The van der Waals surface area contributed by atoms with Gasteiger partial charge in [0.25, 0.3) is 0 Å². The Morgan fingerprint density at radius 3 is 2.47 bits per heavy atom. The van der Waals surface area contributed by atoms with Crippen molar-refractivity contribution in [3.05, 3.63) is 11.7 Å². The Balaban J connectivity index is 1.87. The van der Waals surface area contributed by atoms with E-state index in [9.17, 15) is 0 Å². The van der Waals surface area contributed by atoms with E-state index in [1.165, 1.54) is 0 Å². The van der Waals surface area contributed by atoms with Gasteiger partial charge in [-0.2, -0.15) is 4.98 Å². The Morgan fingerprint density at radius 1 is 1.37 bits per heavy atom. The Hall–Kier alpha value is -0.393. The molecule has 1 fully saturated rings. The maximum absolute atomic E-state index is 6.35. The highest BCUT2D eigenvalue weighted by Gasteiger charge is 2.43. The molecule has 0 saturated heterocycles. The smallest absolute Gasteiger partial charge is 0.241 e. The fourth-order valence-electron chi connectivity index (χ4n) is 1.95. The lowest BCUT2D eigenvalue weighted by Gasteiger charge is -2.44. The fourth-order valence-corrected chi connectivity index (χ4v) is 3.44. The van der Waals surface area contributed by atoms with Crippen molar-refractivity contribution in [3.63, 3.8) is 0 Å². The van der Waals surface area contributed by atoms with E-state index >= 15 is 0 Å². The molecule has 0 spiro atoms. The molecule has 2 rings (SSSR count). The summed E-state index contributed by atoms with van der Waals surface area (Å²) in [5.41, 5.74) is 0. The van der Waals surface area contributed by atoms with Gasteiger partial charge in [-0.1, -0.05) is 25.9 Å². The van der Waals surface area contributed by atoms with E-state index in [0.29, 0.717) is 17.9 Å². The summed E-state index contributed by atoms with van der Waals surface area (Å²) < 4.78 is 11.4. The zero-order valence-corrected chi connectivity index (χ0v) is 14.1. The maximum atomic E-state index is 6.35. The molecule has 4 nitrogen and oxygen atoms in total. The fraction of sp³-hybridized carbons (Fsp3) is 0.846. The van der Waals surface area contributed by atoms with Crippen LogP contribution in [0.4, 0.5) is 0 Å². The minimum Gasteiger partial charge on any atom is -0.414 e. The third kappa shape index (κ3) is 3.20. The predicted octanol–water partition coefficient (Wildman–Crippen LogP) is 4.08. The number of nitrogens with zero attached hydrogens (tertiary/aromatic N) is 2. The number of hydrogen-bond acceptors (Lipinski definition) is 4. The molecular weight excluding hydrogens is 280 g/mol. The minimum atomic E-state index is -1.66. The van der Waals surface area contributed by atoms with Crippen LogP contribution in [-0.2, 0) is 10.3 Å². The van der Waals surface area contributed by atoms with Gasteiger partial charge in [-0.25, -0.2) is 0 Å². The van der Waals surface area contributed by atoms with Gasteiger partial charge in [-0.3, -0.25) is 0 Å². The quantitative estimate of drug-likeness (QED) is 0.621. The minimum absolute atomic E-state index is 0.260. The molecule has 1 aromatic rings. The topological polar surface area (TPSA) is 48.2 Å². The third-order valence-electron chi connectivity index (χ3n) is 4.33. The summed E-state index contributed by atoms with van der Waals surface area (Å²) in [4.78, 5) is 4.28. The Bertz CT molecular complexity index is 436. The molecule has 6 heteroatoms. The summed E-state index contributed by atoms with van der Waals surface area (Å²) in [5, 5.41) is 4.23. The van der Waals surface area contributed by atoms with Crippen molar-refractivity contribution in [2.24, 2.45) is 0 Å². The average molecular weight is 303 g/mol. The van der Waals surface area contributed by atoms with Crippen LogP contribution in [0.25, 0.3) is 0 Å². The summed E-state index contributed by atoms with van der Waals surface area (Å²) in [6, 6.07) is 0. The first kappa shape index (κ1) is 15.0. The molecule has 0 bridgehead atoms. The van der Waals surface area contributed by atoms with Gasteiger partial charge in [0.2, 0.25) is 5.89 Å². The maximum Gasteiger partial charge on any atom is 0.241 e. The van der Waals surface area contributed by atoms with E-state index in [4.69, 9.17) is 20.6 Å². The number of alkyl halides is 1. The molecule has 1 aliphatic rings. The molecule has 0 atom stereocenters. The van der Waals surface area contributed by atoms with Crippen molar-refractivity contribution in [1.29, 1.82) is 0 Å². The van der Waals surface area contributed by atoms with Crippen molar-refractivity contribution in [2.75, 3.05) is 0 Å². The molecule has 108 valence electrons. The zero-order valence-electron chi connectivity index (χ0n) is 12.4. The molecule has 0 amide bonds. The van der Waals surface area contributed by atoms with Crippen LogP contribution in [0.2, 0.25) is 18.1 Å². The van der Waals surface area contributed by atoms with Crippen LogP contribution in [-0.4, -0.2) is 24.6 Å². The van der Waals surface area contributed by atoms with Crippen molar-refractivity contribution in [2.45, 2.75) is 69.6 Å². The van der Waals surface area contributed by atoms with E-state index < -0.39 is 8.32 Å². The number of aromatic nitrogens is 2. The van der Waals surface area contributed by atoms with Gasteiger partial charge in [-0.05, 0) is 31.0 Å². The highest BCUT2D eigenvalue weighted by molar-refractivity contribution is 6.74. The normalized spacial score (nSPS) is 24.3. The van der Waals surface area contributed by atoms with Gasteiger partial charge >= 0.3 is 0 Å². The molecule has 1 heterocycles. The third-order valence-corrected chi connectivity index (χ3v) is 9.09. The SMILES string of the molecule is CC(C)(C)[Si](C)(C)OC1CC(c2noc(CCl)n2)C1. The van der Waals surface area contributed by atoms with E-state index in [0.717, 1.165) is 18.7 Å². The molecule has 19 heavy (non-hydrogen) atoms. The Morgan fingerprint density at radius 2 is 2.00 bits per heavy atom. The zero-order chi connectivity index (χ0) is 14.3. The highest BCUT2D eigenvalue weighted by Crippen LogP contribution is 2.43. The highest BCUT2D eigenvalue weighted by atomic mass is 35.5. The van der Waals surface area contributed by atoms with Gasteiger partial charge in [-0.15, -0.1) is 11.6 Å². The summed E-state index contributed by atoms with van der Waals surface area (Å²) in [6.45, 7) is 11.4. The molecule has 0 N–H and O–H groups in total. The van der Waals surface area contributed by atoms with Crippen LogP contribution >= 0.6 is 11.6 Å². The van der Waals surface area contributed by atoms with Crippen LogP contribution in [0.3, 0.4) is 0 Å². The monoisotopic (exact) mass is 302 g/mol. The lowest BCUT2D eigenvalue weighted by molar-refractivity contribution is 0.0803. The summed E-state index contributed by atoms with van der Waals surface area (Å²) in [7, 11) is -1.66. The summed E-state index contributed by atoms with van der Waals surface area (Å²) in [6.07, 6.45) is 2.34. The first-order valence-electron chi connectivity index (χ1n) is 6.79. The predicted molar refractivity (Wildman–Crippen MR) is 77.9 cm³/mol. The Labute approximate surface area is 121 Å². The van der Waals surface area contributed by atoms with Crippen molar-refractivity contribution in [1.82, 2.24) is 10.1 Å². The van der Waals surface area contributed by atoms with Gasteiger partial charge in [0.15, 0.2) is 14.1 Å². The first-order chi connectivity index (χ1) is 8.73. The van der Waals surface area contributed by atoms with Gasteiger partial charge in [0.05, 0.1) is 0 Å². The van der Waals surface area contributed by atoms with Crippen molar-refractivity contribution < 1.29 is 8.95 Å². The molecule has 1 saturated carbocycles. The van der Waals surface area contributed by atoms with Crippen LogP contribution in [0.1, 0.15) is 51.2 Å². The second-order valence-corrected chi connectivity index (χ2v) is 11.9. The molecule has 0 aromatic carbocycles. The molecule has 0 unspecified atom stereocenters. The number of halogens is 1. The molecule has 1 aromatic heterocycles. The second kappa shape index (κ2) is 5.18. The van der Waals surface area contributed by atoms with Crippen LogP contribution in [0, 0.1) is 0 Å². The van der Waals surface area contributed by atoms with Crippen LogP contribution in [0.5, 0.6) is 0 Å². The second-order valence-electron chi connectivity index (χ2n) is 6.85. The Kier molecular flexibility index (Phi) is 4.09. The van der Waals surface area contributed by atoms with Gasteiger partial charge in [0.1, 0.15) is 5.88 Å². The van der Waals surface area contributed by atoms with E-state index in [2.05, 4.69) is 44.0 Å². The summed E-state index contributed by atoms with van der Waals surface area (Å²) in [5.74, 6) is 1.94. The number of hydrogen-bond donors (Lipinski definition) is 0. The molecule has 0 aliphatic heterocycles. The first-order valence-corrected chi connectivity index (χ1v) is 10.2. The largest absolute Gasteiger partial charge is 0.414 e. The van der Waals surface area contributed by atoms with Crippen LogP contribution < -0.4 is 0 Å². The lowest BCUT2D eigenvalue weighted by atomic mass is 9.82. The van der Waals surface area contributed by atoms with Crippen molar-refractivity contribution >= 4 is 19.9 Å².